The molecule has 0 fully saturated rings. The predicted octanol–water partition coefficient (Wildman–Crippen LogP) is 4.74. The molecule has 0 saturated heterocycles. The van der Waals surface area contributed by atoms with E-state index in [1.807, 2.05) is 30.0 Å². The number of rotatable bonds is 6. The van der Waals surface area contributed by atoms with Crippen LogP contribution < -0.4 is 4.74 Å². The number of hydrogen-bond donors (Lipinski definition) is 0. The van der Waals surface area contributed by atoms with Crippen molar-refractivity contribution in [1.82, 2.24) is 0 Å². The number of nitriles is 1. The van der Waals surface area contributed by atoms with Crippen LogP contribution in [0.5, 0.6) is 5.75 Å². The summed E-state index contributed by atoms with van der Waals surface area (Å²) in [7, 11) is 0. The van der Waals surface area contributed by atoms with Gasteiger partial charge in [0.2, 0.25) is 0 Å². The molecule has 0 N–H and O–H groups in total. The van der Waals surface area contributed by atoms with Crippen LogP contribution in [0.25, 0.3) is 0 Å². The second-order valence-corrected chi connectivity index (χ2v) is 6.06. The van der Waals surface area contributed by atoms with Gasteiger partial charge in [-0.05, 0) is 44.0 Å². The van der Waals surface area contributed by atoms with Gasteiger partial charge in [-0.25, -0.2) is 0 Å². The number of benzene rings is 2. The van der Waals surface area contributed by atoms with Gasteiger partial charge in [0.1, 0.15) is 11.8 Å². The average Bonchev–Trinajstić information content (AvgIpc) is 2.50. The van der Waals surface area contributed by atoms with E-state index in [4.69, 9.17) is 10.00 Å². The van der Waals surface area contributed by atoms with Crippen molar-refractivity contribution in [3.05, 3.63) is 59.2 Å². The Morgan fingerprint density at radius 3 is 2.76 bits per heavy atom. The van der Waals surface area contributed by atoms with E-state index in [2.05, 4.69) is 38.1 Å². The zero-order valence-electron chi connectivity index (χ0n) is 12.4. The maximum atomic E-state index is 8.99. The zero-order chi connectivity index (χ0) is 15.1. The molecule has 0 aromatic heterocycles. The summed E-state index contributed by atoms with van der Waals surface area (Å²) in [5.74, 6) is 1.69. The Morgan fingerprint density at radius 2 is 1.95 bits per heavy atom. The molecule has 0 aliphatic heterocycles. The lowest BCUT2D eigenvalue weighted by atomic mass is 10.2. The fourth-order valence-corrected chi connectivity index (χ4v) is 3.02. The fourth-order valence-electron chi connectivity index (χ4n) is 1.97. The molecule has 2 nitrogen and oxygen atoms in total. The van der Waals surface area contributed by atoms with Crippen LogP contribution in [-0.2, 0) is 0 Å². The molecular weight excluding hydrogens is 278 g/mol. The number of thioether (sulfide) groups is 1. The maximum absolute atomic E-state index is 8.99. The smallest absolute Gasteiger partial charge is 0.137 e. The van der Waals surface area contributed by atoms with Crippen LogP contribution in [0, 0.1) is 25.2 Å². The lowest BCUT2D eigenvalue weighted by Gasteiger charge is -2.09. The minimum atomic E-state index is 0.597. The first-order valence-corrected chi connectivity index (χ1v) is 8.01. The fraction of sp³-hybridized carbons (Fsp3) is 0.278. The highest BCUT2D eigenvalue weighted by atomic mass is 32.2. The molecule has 2 aromatic rings. The highest BCUT2D eigenvalue weighted by Crippen LogP contribution is 2.24. The molecule has 0 radical (unpaired) electrons. The molecule has 0 unspecified atom stereocenters. The lowest BCUT2D eigenvalue weighted by molar-refractivity contribution is 0.318. The largest absolute Gasteiger partial charge is 0.492 e. The first-order valence-electron chi connectivity index (χ1n) is 7.02. The topological polar surface area (TPSA) is 33.0 Å². The van der Waals surface area contributed by atoms with Crippen molar-refractivity contribution in [2.45, 2.75) is 25.2 Å². The number of ether oxygens (including phenoxy) is 1. The van der Waals surface area contributed by atoms with Gasteiger partial charge in [0.05, 0.1) is 12.2 Å². The normalized spacial score (nSPS) is 10.1. The van der Waals surface area contributed by atoms with Gasteiger partial charge in [-0.2, -0.15) is 5.26 Å². The van der Waals surface area contributed by atoms with E-state index >= 15 is 0 Å². The monoisotopic (exact) mass is 297 g/mol. The molecule has 0 heterocycles. The van der Waals surface area contributed by atoms with E-state index in [-0.39, 0.29) is 0 Å². The van der Waals surface area contributed by atoms with Gasteiger partial charge < -0.3 is 4.74 Å². The van der Waals surface area contributed by atoms with E-state index in [1.54, 1.807) is 6.07 Å². The van der Waals surface area contributed by atoms with Crippen molar-refractivity contribution >= 4 is 11.8 Å². The van der Waals surface area contributed by atoms with Crippen LogP contribution in [0.15, 0.2) is 47.4 Å². The predicted molar refractivity (Wildman–Crippen MR) is 87.9 cm³/mol. The minimum absolute atomic E-state index is 0.597. The SMILES string of the molecule is Cc1ccc(C)c(SCCCOc2ccccc2C#N)c1. The van der Waals surface area contributed by atoms with Crippen molar-refractivity contribution in [3.8, 4) is 11.8 Å². The van der Waals surface area contributed by atoms with E-state index in [1.165, 1.54) is 16.0 Å². The Bertz CT molecular complexity index is 646. The molecule has 0 amide bonds. The summed E-state index contributed by atoms with van der Waals surface area (Å²) in [5, 5.41) is 8.99. The highest BCUT2D eigenvalue weighted by Gasteiger charge is 2.02. The second kappa shape index (κ2) is 7.75. The Labute approximate surface area is 130 Å². The Hall–Kier alpha value is -1.92. The van der Waals surface area contributed by atoms with Crippen LogP contribution in [0.3, 0.4) is 0 Å². The summed E-state index contributed by atoms with van der Waals surface area (Å²) < 4.78 is 5.68. The van der Waals surface area contributed by atoms with Crippen LogP contribution >= 0.6 is 11.8 Å². The molecule has 0 bridgehead atoms. The summed E-state index contributed by atoms with van der Waals surface area (Å²) in [4.78, 5) is 1.34. The minimum Gasteiger partial charge on any atom is -0.492 e. The Balaban J connectivity index is 1.78. The van der Waals surface area contributed by atoms with Gasteiger partial charge in [0.15, 0.2) is 0 Å². The van der Waals surface area contributed by atoms with Crippen molar-refractivity contribution in [2.75, 3.05) is 12.4 Å². The highest BCUT2D eigenvalue weighted by molar-refractivity contribution is 7.99. The number of aryl methyl sites for hydroxylation is 2. The van der Waals surface area contributed by atoms with Gasteiger partial charge in [-0.1, -0.05) is 29.8 Å². The molecule has 21 heavy (non-hydrogen) atoms. The standard InChI is InChI=1S/C18H19NOS/c1-14-8-9-15(2)18(12-14)21-11-5-10-20-17-7-4-3-6-16(17)13-19/h3-4,6-9,12H,5,10-11H2,1-2H3. The quantitative estimate of drug-likeness (QED) is 0.570. The molecular formula is C18H19NOS. The van der Waals surface area contributed by atoms with Crippen LogP contribution in [0.1, 0.15) is 23.1 Å². The molecule has 0 atom stereocenters. The molecule has 0 aliphatic rings. The molecule has 2 rings (SSSR count). The van der Waals surface area contributed by atoms with Gasteiger partial charge in [-0.3, -0.25) is 0 Å². The van der Waals surface area contributed by atoms with Crippen LogP contribution in [0.4, 0.5) is 0 Å². The second-order valence-electron chi connectivity index (χ2n) is 4.93. The van der Waals surface area contributed by atoms with Gasteiger partial charge >= 0.3 is 0 Å². The average molecular weight is 297 g/mol. The molecule has 0 spiro atoms. The van der Waals surface area contributed by atoms with Gasteiger partial charge in [0.25, 0.3) is 0 Å². The summed E-state index contributed by atoms with van der Waals surface area (Å²) in [6, 6.07) is 16.0. The molecule has 3 heteroatoms. The number of para-hydroxylation sites is 1. The maximum Gasteiger partial charge on any atom is 0.137 e. The van der Waals surface area contributed by atoms with Gasteiger partial charge in [-0.15, -0.1) is 11.8 Å². The molecule has 108 valence electrons. The van der Waals surface area contributed by atoms with Crippen LogP contribution in [0.2, 0.25) is 0 Å². The first-order chi connectivity index (χ1) is 10.2. The van der Waals surface area contributed by atoms with Crippen molar-refractivity contribution in [2.24, 2.45) is 0 Å². The van der Waals surface area contributed by atoms with E-state index in [0.29, 0.717) is 17.9 Å². The third-order valence-corrected chi connectivity index (χ3v) is 4.40. The number of nitrogens with zero attached hydrogens (tertiary/aromatic N) is 1. The van der Waals surface area contributed by atoms with Crippen LogP contribution in [-0.4, -0.2) is 12.4 Å². The van der Waals surface area contributed by atoms with Crippen molar-refractivity contribution in [3.63, 3.8) is 0 Å². The Morgan fingerprint density at radius 1 is 1.14 bits per heavy atom. The summed E-state index contributed by atoms with van der Waals surface area (Å²) in [6.07, 6.45) is 0.956. The third kappa shape index (κ3) is 4.54. The van der Waals surface area contributed by atoms with Crippen molar-refractivity contribution in [1.29, 1.82) is 5.26 Å². The lowest BCUT2D eigenvalue weighted by Crippen LogP contribution is -2.00. The molecule has 0 aliphatic carbocycles. The van der Waals surface area contributed by atoms with Gasteiger partial charge in [0, 0.05) is 10.6 Å². The molecule has 0 saturated carbocycles. The number of hydrogen-bond acceptors (Lipinski definition) is 3. The Kier molecular flexibility index (Phi) is 5.71. The summed E-state index contributed by atoms with van der Waals surface area (Å²) in [5.41, 5.74) is 3.21. The van der Waals surface area contributed by atoms with Crippen molar-refractivity contribution < 1.29 is 4.74 Å². The van der Waals surface area contributed by atoms with E-state index < -0.39 is 0 Å². The summed E-state index contributed by atoms with van der Waals surface area (Å²) in [6.45, 7) is 4.89. The van der Waals surface area contributed by atoms with E-state index in [0.717, 1.165) is 12.2 Å². The van der Waals surface area contributed by atoms with E-state index in [9.17, 15) is 0 Å². The first kappa shape index (κ1) is 15.5. The zero-order valence-corrected chi connectivity index (χ0v) is 13.2. The summed E-state index contributed by atoms with van der Waals surface area (Å²) >= 11 is 1.86. The third-order valence-electron chi connectivity index (χ3n) is 3.15. The molecule has 2 aromatic carbocycles.